The summed E-state index contributed by atoms with van der Waals surface area (Å²) in [6, 6.07) is 0. The third-order valence-electron chi connectivity index (χ3n) is 4.47. The molecule has 0 aliphatic heterocycles. The maximum absolute atomic E-state index is 11.6. The summed E-state index contributed by atoms with van der Waals surface area (Å²) < 4.78 is 10.6. The van der Waals surface area contributed by atoms with E-state index in [-0.39, 0.29) is 23.8 Å². The molecule has 25 heavy (non-hydrogen) atoms. The summed E-state index contributed by atoms with van der Waals surface area (Å²) in [6.07, 6.45) is 6.23. The number of ketones is 1. The first-order valence-electron chi connectivity index (χ1n) is 9.71. The van der Waals surface area contributed by atoms with Gasteiger partial charge in [-0.1, -0.05) is 19.8 Å². The van der Waals surface area contributed by atoms with Gasteiger partial charge < -0.3 is 14.8 Å². The summed E-state index contributed by atoms with van der Waals surface area (Å²) in [5, 5.41) is 6.72. The SMILES string of the molecule is CC(=O)CCOCCCCCCNC(C)NCCOC(=O)C1CC1C. The van der Waals surface area contributed by atoms with Gasteiger partial charge >= 0.3 is 5.97 Å². The lowest BCUT2D eigenvalue weighted by Crippen LogP contribution is -2.41. The van der Waals surface area contributed by atoms with Gasteiger partial charge in [0.2, 0.25) is 0 Å². The van der Waals surface area contributed by atoms with E-state index in [4.69, 9.17) is 9.47 Å². The molecule has 1 saturated carbocycles. The van der Waals surface area contributed by atoms with E-state index in [9.17, 15) is 9.59 Å². The standard InChI is InChI=1S/C19H36N2O4/c1-15-14-18(15)19(23)25-13-10-21-17(3)20-9-6-4-5-7-11-24-12-8-16(2)22/h15,17-18,20-21H,4-14H2,1-3H3. The lowest BCUT2D eigenvalue weighted by Gasteiger charge is -2.15. The van der Waals surface area contributed by atoms with Gasteiger partial charge in [-0.3, -0.25) is 14.9 Å². The molecule has 1 aliphatic carbocycles. The molecular weight excluding hydrogens is 320 g/mol. The van der Waals surface area contributed by atoms with Crippen molar-refractivity contribution in [3.63, 3.8) is 0 Å². The number of hydrogen-bond acceptors (Lipinski definition) is 6. The molecule has 146 valence electrons. The molecule has 3 unspecified atom stereocenters. The van der Waals surface area contributed by atoms with Crippen molar-refractivity contribution < 1.29 is 19.1 Å². The van der Waals surface area contributed by atoms with Crippen LogP contribution >= 0.6 is 0 Å². The fourth-order valence-electron chi connectivity index (χ4n) is 2.58. The second-order valence-corrected chi connectivity index (χ2v) is 7.10. The molecule has 0 spiro atoms. The van der Waals surface area contributed by atoms with E-state index in [0.29, 0.717) is 32.1 Å². The van der Waals surface area contributed by atoms with Crippen LogP contribution in [-0.4, -0.2) is 50.8 Å². The third kappa shape index (κ3) is 12.1. The van der Waals surface area contributed by atoms with E-state index in [0.717, 1.165) is 38.8 Å². The molecule has 6 heteroatoms. The van der Waals surface area contributed by atoms with Gasteiger partial charge in [-0.25, -0.2) is 0 Å². The highest BCUT2D eigenvalue weighted by Gasteiger charge is 2.40. The van der Waals surface area contributed by atoms with Gasteiger partial charge in [-0.2, -0.15) is 0 Å². The van der Waals surface area contributed by atoms with Gasteiger partial charge in [-0.15, -0.1) is 0 Å². The number of hydrogen-bond donors (Lipinski definition) is 2. The van der Waals surface area contributed by atoms with Crippen LogP contribution in [0.4, 0.5) is 0 Å². The molecule has 3 atom stereocenters. The topological polar surface area (TPSA) is 76.7 Å². The second kappa shape index (κ2) is 13.3. The van der Waals surface area contributed by atoms with Gasteiger partial charge in [0.05, 0.1) is 18.7 Å². The van der Waals surface area contributed by atoms with Gasteiger partial charge in [-0.05, 0) is 45.6 Å². The van der Waals surface area contributed by atoms with Crippen LogP contribution in [0.2, 0.25) is 0 Å². The largest absolute Gasteiger partial charge is 0.464 e. The average molecular weight is 357 g/mol. The number of carbonyl (C=O) groups is 2. The summed E-state index contributed by atoms with van der Waals surface area (Å²) in [5.74, 6) is 0.799. The monoisotopic (exact) mass is 356 g/mol. The van der Waals surface area contributed by atoms with E-state index < -0.39 is 0 Å². The highest BCUT2D eigenvalue weighted by Crippen LogP contribution is 2.38. The Bertz CT molecular complexity index is 390. The predicted molar refractivity (Wildman–Crippen MR) is 98.3 cm³/mol. The summed E-state index contributed by atoms with van der Waals surface area (Å²) in [4.78, 5) is 22.3. The highest BCUT2D eigenvalue weighted by molar-refractivity contribution is 5.75. The molecule has 6 nitrogen and oxygen atoms in total. The molecule has 0 heterocycles. The van der Waals surface area contributed by atoms with Gasteiger partial charge in [0, 0.05) is 19.6 Å². The number of ether oxygens (including phenoxy) is 2. The Kier molecular flexibility index (Phi) is 11.7. The van der Waals surface area contributed by atoms with E-state index in [1.807, 2.05) is 0 Å². The normalized spacial score (nSPS) is 20.3. The van der Waals surface area contributed by atoms with Crippen molar-refractivity contribution in [2.45, 2.75) is 65.5 Å². The number of nitrogens with one attached hydrogen (secondary N) is 2. The van der Waals surface area contributed by atoms with Crippen LogP contribution in [0.3, 0.4) is 0 Å². The van der Waals surface area contributed by atoms with E-state index >= 15 is 0 Å². The van der Waals surface area contributed by atoms with Gasteiger partial charge in [0.1, 0.15) is 12.4 Å². The fourth-order valence-corrected chi connectivity index (χ4v) is 2.58. The second-order valence-electron chi connectivity index (χ2n) is 7.10. The van der Waals surface area contributed by atoms with Crippen LogP contribution in [0.1, 0.15) is 59.3 Å². The summed E-state index contributed by atoms with van der Waals surface area (Å²) in [5.41, 5.74) is 0. The number of Topliss-reactive ketones (excluding diaryl/α,β-unsaturated/α-hetero) is 1. The molecule has 0 aromatic heterocycles. The first-order valence-corrected chi connectivity index (χ1v) is 9.71. The van der Waals surface area contributed by atoms with Crippen LogP contribution in [-0.2, 0) is 19.1 Å². The highest BCUT2D eigenvalue weighted by atomic mass is 16.5. The zero-order valence-corrected chi connectivity index (χ0v) is 16.1. The summed E-state index contributed by atoms with van der Waals surface area (Å²) in [6.45, 7) is 9.14. The average Bonchev–Trinajstić information content (AvgIpc) is 3.29. The molecule has 0 aromatic carbocycles. The van der Waals surface area contributed by atoms with Crippen molar-refractivity contribution in [3.8, 4) is 0 Å². The molecule has 1 fully saturated rings. The maximum atomic E-state index is 11.6. The van der Waals surface area contributed by atoms with Crippen molar-refractivity contribution >= 4 is 11.8 Å². The number of carbonyl (C=O) groups excluding carboxylic acids is 2. The fraction of sp³-hybridized carbons (Fsp3) is 0.895. The predicted octanol–water partition coefficient (Wildman–Crippen LogP) is 2.27. The van der Waals surface area contributed by atoms with Crippen molar-refractivity contribution in [2.75, 3.05) is 32.9 Å². The lowest BCUT2D eigenvalue weighted by atomic mass is 10.2. The Morgan fingerprint density at radius 2 is 1.72 bits per heavy atom. The van der Waals surface area contributed by atoms with Crippen molar-refractivity contribution in [3.05, 3.63) is 0 Å². The molecule has 1 aliphatic rings. The van der Waals surface area contributed by atoms with Crippen LogP contribution in [0.15, 0.2) is 0 Å². The summed E-state index contributed by atoms with van der Waals surface area (Å²) >= 11 is 0. The Hall–Kier alpha value is -0.980. The summed E-state index contributed by atoms with van der Waals surface area (Å²) in [7, 11) is 0. The number of rotatable bonds is 16. The van der Waals surface area contributed by atoms with Crippen LogP contribution in [0.25, 0.3) is 0 Å². The van der Waals surface area contributed by atoms with Gasteiger partial charge in [0.25, 0.3) is 0 Å². The Morgan fingerprint density at radius 1 is 1.04 bits per heavy atom. The lowest BCUT2D eigenvalue weighted by molar-refractivity contribution is -0.145. The Morgan fingerprint density at radius 3 is 2.40 bits per heavy atom. The molecule has 0 radical (unpaired) electrons. The minimum atomic E-state index is -0.0415. The van der Waals surface area contributed by atoms with E-state index in [1.54, 1.807) is 6.92 Å². The van der Waals surface area contributed by atoms with Crippen molar-refractivity contribution in [1.29, 1.82) is 0 Å². The quantitative estimate of drug-likeness (QED) is 0.251. The van der Waals surface area contributed by atoms with E-state index in [1.165, 1.54) is 6.42 Å². The number of unbranched alkanes of at least 4 members (excludes halogenated alkanes) is 3. The van der Waals surface area contributed by atoms with Crippen molar-refractivity contribution in [2.24, 2.45) is 11.8 Å². The zero-order valence-electron chi connectivity index (χ0n) is 16.1. The third-order valence-corrected chi connectivity index (χ3v) is 4.47. The first kappa shape index (κ1) is 22.1. The van der Waals surface area contributed by atoms with Gasteiger partial charge in [0.15, 0.2) is 0 Å². The molecule has 2 N–H and O–H groups in total. The van der Waals surface area contributed by atoms with Crippen molar-refractivity contribution in [1.82, 2.24) is 10.6 Å². The molecule has 0 bridgehead atoms. The molecule has 1 rings (SSSR count). The van der Waals surface area contributed by atoms with E-state index in [2.05, 4.69) is 24.5 Å². The smallest absolute Gasteiger partial charge is 0.309 e. The molecule has 0 aromatic rings. The molecule has 0 amide bonds. The molecule has 0 saturated heterocycles. The van der Waals surface area contributed by atoms with Crippen LogP contribution in [0, 0.1) is 11.8 Å². The number of esters is 1. The minimum absolute atomic E-state index is 0.0415. The maximum Gasteiger partial charge on any atom is 0.309 e. The Labute approximate surface area is 152 Å². The van der Waals surface area contributed by atoms with Crippen LogP contribution < -0.4 is 10.6 Å². The molecular formula is C19H36N2O4. The minimum Gasteiger partial charge on any atom is -0.464 e. The Balaban J connectivity index is 1.78. The first-order chi connectivity index (χ1) is 12.0. The van der Waals surface area contributed by atoms with Crippen LogP contribution in [0.5, 0.6) is 0 Å². The zero-order chi connectivity index (χ0) is 18.5.